The second-order valence-corrected chi connectivity index (χ2v) is 3.77. The first kappa shape index (κ1) is 10.3. The van der Waals surface area contributed by atoms with Crippen LogP contribution < -0.4 is 10.9 Å². The molecule has 0 unspecified atom stereocenters. The lowest BCUT2D eigenvalue weighted by Crippen LogP contribution is -2.20. The Kier molecular flexibility index (Phi) is 3.13. The molecule has 0 saturated heterocycles. The van der Waals surface area contributed by atoms with Crippen LogP contribution in [-0.2, 0) is 17.9 Å². The Morgan fingerprint density at radius 1 is 1.67 bits per heavy atom. The third-order valence-corrected chi connectivity index (χ3v) is 2.27. The van der Waals surface area contributed by atoms with Gasteiger partial charge in [0.2, 0.25) is 0 Å². The van der Waals surface area contributed by atoms with E-state index in [-0.39, 0.29) is 5.56 Å². The maximum Gasteiger partial charge on any atom is 0.251 e. The van der Waals surface area contributed by atoms with E-state index in [9.17, 15) is 4.79 Å². The van der Waals surface area contributed by atoms with E-state index in [0.717, 1.165) is 5.69 Å². The smallest absolute Gasteiger partial charge is 0.251 e. The van der Waals surface area contributed by atoms with E-state index in [2.05, 4.69) is 15.3 Å². The van der Waals surface area contributed by atoms with Crippen LogP contribution in [-0.4, -0.2) is 23.1 Å². The van der Waals surface area contributed by atoms with Crippen LogP contribution in [0.3, 0.4) is 0 Å². The number of H-pyrrole nitrogens is 1. The van der Waals surface area contributed by atoms with Crippen molar-refractivity contribution >= 4 is 0 Å². The maximum absolute atomic E-state index is 11.3. The van der Waals surface area contributed by atoms with Crippen molar-refractivity contribution in [3.05, 3.63) is 27.9 Å². The second kappa shape index (κ2) is 4.55. The molecule has 1 saturated carbocycles. The molecule has 5 nitrogen and oxygen atoms in total. The van der Waals surface area contributed by atoms with E-state index >= 15 is 0 Å². The van der Waals surface area contributed by atoms with Crippen molar-refractivity contribution in [3.8, 4) is 0 Å². The van der Waals surface area contributed by atoms with Gasteiger partial charge in [-0.3, -0.25) is 4.79 Å². The summed E-state index contributed by atoms with van der Waals surface area (Å²) in [5.41, 5.74) is 0.655. The zero-order valence-electron chi connectivity index (χ0n) is 8.75. The minimum Gasteiger partial charge on any atom is -0.377 e. The first-order valence-corrected chi connectivity index (χ1v) is 5.09. The molecule has 5 heteroatoms. The number of nitrogens with zero attached hydrogens (tertiary/aromatic N) is 1. The lowest BCUT2D eigenvalue weighted by molar-refractivity contribution is 0.177. The molecule has 0 amide bonds. The van der Waals surface area contributed by atoms with E-state index in [0.29, 0.717) is 25.0 Å². The highest BCUT2D eigenvalue weighted by molar-refractivity contribution is 5.03. The van der Waals surface area contributed by atoms with Gasteiger partial charge >= 0.3 is 0 Å². The van der Waals surface area contributed by atoms with Crippen LogP contribution in [0.1, 0.15) is 24.4 Å². The highest BCUT2D eigenvalue weighted by Crippen LogP contribution is 2.18. The van der Waals surface area contributed by atoms with Crippen LogP contribution in [0.15, 0.2) is 10.9 Å². The largest absolute Gasteiger partial charge is 0.377 e. The van der Waals surface area contributed by atoms with Crippen molar-refractivity contribution in [2.75, 3.05) is 7.11 Å². The summed E-state index contributed by atoms with van der Waals surface area (Å²) in [5.74, 6) is 0.581. The fourth-order valence-electron chi connectivity index (χ4n) is 1.40. The molecule has 0 bridgehead atoms. The van der Waals surface area contributed by atoms with Gasteiger partial charge in [0.15, 0.2) is 0 Å². The number of methoxy groups -OCH3 is 1. The molecule has 1 aliphatic rings. The summed E-state index contributed by atoms with van der Waals surface area (Å²) < 4.78 is 4.92. The van der Waals surface area contributed by atoms with Crippen molar-refractivity contribution in [1.29, 1.82) is 0 Å². The lowest BCUT2D eigenvalue weighted by Gasteiger charge is -2.04. The van der Waals surface area contributed by atoms with Gasteiger partial charge in [0, 0.05) is 25.8 Å². The zero-order valence-corrected chi connectivity index (χ0v) is 8.75. The highest BCUT2D eigenvalue weighted by atomic mass is 16.5. The molecule has 1 aromatic heterocycles. The van der Waals surface area contributed by atoms with Crippen LogP contribution in [0.25, 0.3) is 0 Å². The normalized spacial score (nSPS) is 15.5. The predicted octanol–water partition coefficient (Wildman–Crippen LogP) is 0.168. The van der Waals surface area contributed by atoms with Gasteiger partial charge in [0.1, 0.15) is 12.4 Å². The summed E-state index contributed by atoms with van der Waals surface area (Å²) in [6.07, 6.45) is 2.46. The molecule has 1 aromatic rings. The van der Waals surface area contributed by atoms with Crippen molar-refractivity contribution in [2.24, 2.45) is 0 Å². The number of aromatic nitrogens is 2. The van der Waals surface area contributed by atoms with Crippen LogP contribution >= 0.6 is 0 Å². The minimum atomic E-state index is -0.121. The molecule has 15 heavy (non-hydrogen) atoms. The molecule has 0 aliphatic heterocycles. The van der Waals surface area contributed by atoms with Crippen LogP contribution in [0.5, 0.6) is 0 Å². The molecule has 0 aromatic carbocycles. The van der Waals surface area contributed by atoms with Crippen molar-refractivity contribution < 1.29 is 4.74 Å². The van der Waals surface area contributed by atoms with Gasteiger partial charge in [0.05, 0.1) is 5.69 Å². The summed E-state index contributed by atoms with van der Waals surface area (Å²) >= 11 is 0. The Morgan fingerprint density at radius 2 is 2.47 bits per heavy atom. The monoisotopic (exact) mass is 209 g/mol. The molecule has 1 fully saturated rings. The summed E-state index contributed by atoms with van der Waals surface area (Å²) in [6, 6.07) is 2.14. The molecule has 0 radical (unpaired) electrons. The van der Waals surface area contributed by atoms with Gasteiger partial charge in [-0.1, -0.05) is 0 Å². The maximum atomic E-state index is 11.3. The third kappa shape index (κ3) is 3.14. The first-order valence-electron chi connectivity index (χ1n) is 5.09. The zero-order chi connectivity index (χ0) is 10.7. The number of nitrogens with one attached hydrogen (secondary N) is 2. The van der Waals surface area contributed by atoms with E-state index < -0.39 is 0 Å². The van der Waals surface area contributed by atoms with Crippen molar-refractivity contribution in [3.63, 3.8) is 0 Å². The molecule has 1 heterocycles. The molecule has 1 aliphatic carbocycles. The molecular weight excluding hydrogens is 194 g/mol. The summed E-state index contributed by atoms with van der Waals surface area (Å²) in [6.45, 7) is 0.998. The summed E-state index contributed by atoms with van der Waals surface area (Å²) in [5, 5.41) is 3.31. The predicted molar refractivity (Wildman–Crippen MR) is 55.4 cm³/mol. The molecule has 0 atom stereocenters. The average molecular weight is 209 g/mol. The van der Waals surface area contributed by atoms with Crippen LogP contribution in [0.4, 0.5) is 0 Å². The summed E-state index contributed by atoms with van der Waals surface area (Å²) in [4.78, 5) is 18.2. The Bertz CT molecular complexity index is 384. The standard InChI is InChI=1S/C10H15N3O2/c1-15-6-9-12-8(4-10(14)13-9)5-11-7-2-3-7/h4,7,11H,2-3,5-6H2,1H3,(H,12,13,14). The number of hydrogen-bond donors (Lipinski definition) is 2. The Labute approximate surface area is 87.9 Å². The van der Waals surface area contributed by atoms with Gasteiger partial charge < -0.3 is 15.0 Å². The van der Waals surface area contributed by atoms with Gasteiger partial charge in [-0.25, -0.2) is 4.98 Å². The van der Waals surface area contributed by atoms with Gasteiger partial charge in [-0.15, -0.1) is 0 Å². The lowest BCUT2D eigenvalue weighted by atomic mass is 10.4. The van der Waals surface area contributed by atoms with Crippen LogP contribution in [0, 0.1) is 0 Å². The first-order chi connectivity index (χ1) is 7.28. The molecule has 0 spiro atoms. The Hall–Kier alpha value is -1.20. The highest BCUT2D eigenvalue weighted by Gasteiger charge is 2.20. The number of hydrogen-bond acceptors (Lipinski definition) is 4. The van der Waals surface area contributed by atoms with Gasteiger partial charge in [-0.05, 0) is 12.8 Å². The van der Waals surface area contributed by atoms with Crippen molar-refractivity contribution in [2.45, 2.75) is 32.0 Å². The van der Waals surface area contributed by atoms with E-state index in [4.69, 9.17) is 4.74 Å². The van der Waals surface area contributed by atoms with Crippen LogP contribution in [0.2, 0.25) is 0 Å². The third-order valence-electron chi connectivity index (χ3n) is 2.27. The Morgan fingerprint density at radius 3 is 3.13 bits per heavy atom. The van der Waals surface area contributed by atoms with Gasteiger partial charge in [0.25, 0.3) is 5.56 Å². The SMILES string of the molecule is COCc1nc(CNC2CC2)cc(=O)[nH]1. The molecule has 2 rings (SSSR count). The molecule has 2 N–H and O–H groups in total. The number of rotatable bonds is 5. The Balaban J connectivity index is 2.04. The average Bonchev–Trinajstić information content (AvgIpc) is 2.98. The summed E-state index contributed by atoms with van der Waals surface area (Å²) in [7, 11) is 1.58. The second-order valence-electron chi connectivity index (χ2n) is 3.77. The molecular formula is C10H15N3O2. The number of aromatic amines is 1. The fraction of sp³-hybridized carbons (Fsp3) is 0.600. The quantitative estimate of drug-likeness (QED) is 0.725. The van der Waals surface area contributed by atoms with Gasteiger partial charge in [-0.2, -0.15) is 0 Å². The number of ether oxygens (including phenoxy) is 1. The van der Waals surface area contributed by atoms with E-state index in [1.165, 1.54) is 18.9 Å². The van der Waals surface area contributed by atoms with E-state index in [1.54, 1.807) is 7.11 Å². The molecule has 82 valence electrons. The fourth-order valence-corrected chi connectivity index (χ4v) is 1.40. The van der Waals surface area contributed by atoms with E-state index in [1.807, 2.05) is 0 Å². The minimum absolute atomic E-state index is 0.121. The van der Waals surface area contributed by atoms with Crippen molar-refractivity contribution in [1.82, 2.24) is 15.3 Å². The topological polar surface area (TPSA) is 67.0 Å².